The lowest BCUT2D eigenvalue weighted by Crippen LogP contribution is -2.29. The van der Waals surface area contributed by atoms with Gasteiger partial charge in [0.15, 0.2) is 0 Å². The highest BCUT2D eigenvalue weighted by atomic mass is 19.1. The van der Waals surface area contributed by atoms with Gasteiger partial charge in [-0.05, 0) is 36.4 Å². The fourth-order valence-corrected chi connectivity index (χ4v) is 2.40. The zero-order valence-electron chi connectivity index (χ0n) is 13.8. The molecule has 1 amide bonds. The SMILES string of the molecule is O=C(Cn1nc(-c2ccc(F)cc2)ccc1=O)Nc1ccccc1[N+](=O)[O-]. The van der Waals surface area contributed by atoms with E-state index in [0.29, 0.717) is 11.3 Å². The molecule has 0 fully saturated rings. The number of nitrogens with zero attached hydrogens (tertiary/aromatic N) is 3. The maximum Gasteiger partial charge on any atom is 0.292 e. The molecule has 136 valence electrons. The van der Waals surface area contributed by atoms with Gasteiger partial charge in [0.1, 0.15) is 18.0 Å². The van der Waals surface area contributed by atoms with Crippen molar-refractivity contribution in [2.24, 2.45) is 0 Å². The number of carbonyl (C=O) groups excluding carboxylic acids is 1. The molecule has 9 heteroatoms. The Hall–Kier alpha value is -3.88. The van der Waals surface area contributed by atoms with Crippen molar-refractivity contribution in [2.75, 3.05) is 5.32 Å². The van der Waals surface area contributed by atoms with Crippen molar-refractivity contribution in [3.63, 3.8) is 0 Å². The zero-order valence-corrected chi connectivity index (χ0v) is 13.8. The fraction of sp³-hybridized carbons (Fsp3) is 0.0556. The molecule has 0 saturated carbocycles. The van der Waals surface area contributed by atoms with Crippen molar-refractivity contribution in [1.29, 1.82) is 0 Å². The number of nitro benzene ring substituents is 1. The Morgan fingerprint density at radius 1 is 1.11 bits per heavy atom. The quantitative estimate of drug-likeness (QED) is 0.550. The minimum Gasteiger partial charge on any atom is -0.319 e. The number of benzene rings is 2. The van der Waals surface area contributed by atoms with Gasteiger partial charge in [0, 0.05) is 17.7 Å². The molecule has 1 heterocycles. The summed E-state index contributed by atoms with van der Waals surface area (Å²) in [6.07, 6.45) is 0. The molecule has 0 aliphatic carbocycles. The number of hydrogen-bond donors (Lipinski definition) is 1. The summed E-state index contributed by atoms with van der Waals surface area (Å²) in [5.41, 5.74) is 0.206. The smallest absolute Gasteiger partial charge is 0.292 e. The van der Waals surface area contributed by atoms with E-state index < -0.39 is 28.8 Å². The van der Waals surface area contributed by atoms with Gasteiger partial charge in [-0.3, -0.25) is 19.7 Å². The normalized spacial score (nSPS) is 10.4. The molecule has 0 bridgehead atoms. The second-order valence-electron chi connectivity index (χ2n) is 5.54. The number of nitrogens with one attached hydrogen (secondary N) is 1. The molecular formula is C18H13FN4O4. The molecule has 1 aromatic heterocycles. The average molecular weight is 368 g/mol. The summed E-state index contributed by atoms with van der Waals surface area (Å²) in [6, 6.07) is 13.9. The zero-order chi connectivity index (χ0) is 19.4. The highest BCUT2D eigenvalue weighted by molar-refractivity contribution is 5.92. The molecule has 2 aromatic carbocycles. The molecule has 0 aliphatic heterocycles. The van der Waals surface area contributed by atoms with Crippen LogP contribution < -0.4 is 10.9 Å². The van der Waals surface area contributed by atoms with Gasteiger partial charge in [0.05, 0.1) is 10.6 Å². The number of para-hydroxylation sites is 2. The summed E-state index contributed by atoms with van der Waals surface area (Å²) in [5, 5.41) is 17.5. The van der Waals surface area contributed by atoms with Crippen molar-refractivity contribution in [1.82, 2.24) is 9.78 Å². The van der Waals surface area contributed by atoms with E-state index in [9.17, 15) is 24.1 Å². The van der Waals surface area contributed by atoms with Crippen LogP contribution in [0.15, 0.2) is 65.5 Å². The van der Waals surface area contributed by atoms with Gasteiger partial charge in [-0.25, -0.2) is 9.07 Å². The summed E-state index contributed by atoms with van der Waals surface area (Å²) >= 11 is 0. The summed E-state index contributed by atoms with van der Waals surface area (Å²) in [6.45, 7) is -0.431. The molecule has 3 aromatic rings. The Kier molecular flexibility index (Phi) is 5.02. The fourth-order valence-electron chi connectivity index (χ4n) is 2.40. The first kappa shape index (κ1) is 17.9. The lowest BCUT2D eigenvalue weighted by atomic mass is 10.1. The number of hydrogen-bond acceptors (Lipinski definition) is 5. The van der Waals surface area contributed by atoms with Gasteiger partial charge in [-0.15, -0.1) is 0 Å². The third-order valence-corrected chi connectivity index (χ3v) is 3.67. The Balaban J connectivity index is 1.82. The summed E-state index contributed by atoms with van der Waals surface area (Å²) in [7, 11) is 0. The van der Waals surface area contributed by atoms with Crippen LogP contribution in [0.5, 0.6) is 0 Å². The number of aromatic nitrogens is 2. The lowest BCUT2D eigenvalue weighted by molar-refractivity contribution is -0.383. The van der Waals surface area contributed by atoms with Gasteiger partial charge >= 0.3 is 0 Å². The Bertz CT molecular complexity index is 1060. The van der Waals surface area contributed by atoms with Crippen LogP contribution in [0.25, 0.3) is 11.3 Å². The van der Waals surface area contributed by atoms with Crippen molar-refractivity contribution in [3.8, 4) is 11.3 Å². The van der Waals surface area contributed by atoms with E-state index >= 15 is 0 Å². The van der Waals surface area contributed by atoms with Crippen LogP contribution in [0, 0.1) is 15.9 Å². The number of amides is 1. The van der Waals surface area contributed by atoms with Gasteiger partial charge < -0.3 is 5.32 Å². The Morgan fingerprint density at radius 3 is 2.52 bits per heavy atom. The molecular weight excluding hydrogens is 355 g/mol. The van der Waals surface area contributed by atoms with Crippen LogP contribution in [-0.4, -0.2) is 20.6 Å². The average Bonchev–Trinajstić information content (AvgIpc) is 2.64. The third-order valence-electron chi connectivity index (χ3n) is 3.67. The van der Waals surface area contributed by atoms with Crippen molar-refractivity contribution >= 4 is 17.3 Å². The largest absolute Gasteiger partial charge is 0.319 e. The first-order chi connectivity index (χ1) is 12.9. The number of carbonyl (C=O) groups is 1. The number of halogens is 1. The molecule has 8 nitrogen and oxygen atoms in total. The molecule has 0 aliphatic rings. The monoisotopic (exact) mass is 368 g/mol. The first-order valence-corrected chi connectivity index (χ1v) is 7.81. The van der Waals surface area contributed by atoms with E-state index in [0.717, 1.165) is 4.68 Å². The highest BCUT2D eigenvalue weighted by Crippen LogP contribution is 2.23. The lowest BCUT2D eigenvalue weighted by Gasteiger charge is -2.08. The minimum absolute atomic E-state index is 0.0234. The molecule has 27 heavy (non-hydrogen) atoms. The van der Waals surface area contributed by atoms with Gasteiger partial charge in [0.25, 0.3) is 11.2 Å². The van der Waals surface area contributed by atoms with Crippen molar-refractivity contribution in [2.45, 2.75) is 6.54 Å². The van der Waals surface area contributed by atoms with Crippen LogP contribution >= 0.6 is 0 Å². The molecule has 0 atom stereocenters. The standard InChI is InChI=1S/C18H13FN4O4/c19-13-7-5-12(6-8-13)14-9-10-18(25)22(21-14)11-17(24)20-15-3-1-2-4-16(15)23(26)27/h1-10H,11H2,(H,20,24). The second-order valence-corrected chi connectivity index (χ2v) is 5.54. The molecule has 1 N–H and O–H groups in total. The van der Waals surface area contributed by atoms with Gasteiger partial charge in [-0.2, -0.15) is 5.10 Å². The van der Waals surface area contributed by atoms with E-state index in [2.05, 4.69) is 10.4 Å². The summed E-state index contributed by atoms with van der Waals surface area (Å²) in [4.78, 5) is 34.6. The second kappa shape index (κ2) is 7.56. The maximum atomic E-state index is 13.0. The van der Waals surface area contributed by atoms with Crippen molar-refractivity contribution in [3.05, 3.63) is 86.9 Å². The van der Waals surface area contributed by atoms with Crippen LogP contribution in [0.4, 0.5) is 15.8 Å². The Morgan fingerprint density at radius 2 is 1.81 bits per heavy atom. The van der Waals surface area contributed by atoms with Crippen LogP contribution in [0.1, 0.15) is 0 Å². The van der Waals surface area contributed by atoms with E-state index in [1.807, 2.05) is 0 Å². The molecule has 0 spiro atoms. The van der Waals surface area contributed by atoms with Crippen LogP contribution in [-0.2, 0) is 11.3 Å². The third kappa shape index (κ3) is 4.21. The topological polar surface area (TPSA) is 107 Å². The van der Waals surface area contributed by atoms with Crippen LogP contribution in [0.2, 0.25) is 0 Å². The minimum atomic E-state index is -0.643. The van der Waals surface area contributed by atoms with E-state index in [1.165, 1.54) is 54.6 Å². The van der Waals surface area contributed by atoms with E-state index in [1.54, 1.807) is 6.07 Å². The number of rotatable bonds is 5. The van der Waals surface area contributed by atoms with Crippen molar-refractivity contribution < 1.29 is 14.1 Å². The Labute approximate surface area is 152 Å². The first-order valence-electron chi connectivity index (χ1n) is 7.81. The molecule has 3 rings (SSSR count). The molecule has 0 unspecified atom stereocenters. The molecule has 0 saturated heterocycles. The predicted octanol–water partition coefficient (Wildman–Crippen LogP) is 2.60. The maximum absolute atomic E-state index is 13.0. The van der Waals surface area contributed by atoms with Crippen LogP contribution in [0.3, 0.4) is 0 Å². The molecule has 0 radical (unpaired) electrons. The van der Waals surface area contributed by atoms with Gasteiger partial charge in [-0.1, -0.05) is 12.1 Å². The van der Waals surface area contributed by atoms with Gasteiger partial charge in [0.2, 0.25) is 5.91 Å². The summed E-state index contributed by atoms with van der Waals surface area (Å²) in [5.74, 6) is -1.05. The number of nitro groups is 1. The predicted molar refractivity (Wildman–Crippen MR) is 95.6 cm³/mol. The highest BCUT2D eigenvalue weighted by Gasteiger charge is 2.15. The van der Waals surface area contributed by atoms with E-state index in [4.69, 9.17) is 0 Å². The number of anilines is 1. The van der Waals surface area contributed by atoms with E-state index in [-0.39, 0.29) is 11.4 Å². The summed E-state index contributed by atoms with van der Waals surface area (Å²) < 4.78 is 14.0.